The van der Waals surface area contributed by atoms with E-state index in [1.54, 1.807) is 42.5 Å². The molecule has 1 amide bonds. The monoisotopic (exact) mass is 436 g/mol. The van der Waals surface area contributed by atoms with Gasteiger partial charge in [-0.2, -0.15) is 0 Å². The molecule has 1 unspecified atom stereocenters. The quantitative estimate of drug-likeness (QED) is 0.310. The van der Waals surface area contributed by atoms with Crippen LogP contribution in [0, 0.1) is 24.0 Å². The third kappa shape index (κ3) is 3.68. The van der Waals surface area contributed by atoms with E-state index in [0.717, 1.165) is 21.5 Å². The number of aryl methyl sites for hydroxylation is 2. The molecule has 4 aromatic rings. The zero-order chi connectivity index (χ0) is 22.3. The molecule has 31 heavy (non-hydrogen) atoms. The summed E-state index contributed by atoms with van der Waals surface area (Å²) < 4.78 is 5.41. The van der Waals surface area contributed by atoms with Gasteiger partial charge in [-0.25, -0.2) is 9.97 Å². The van der Waals surface area contributed by atoms with Gasteiger partial charge < -0.3 is 9.32 Å². The van der Waals surface area contributed by atoms with Crippen molar-refractivity contribution in [1.29, 1.82) is 0 Å². The SMILES string of the molecule is Cc1nc(-c2ccco2)nc2sc(C(=O)N(C)C(C)c3cccc([N+](=O)[O-])c3)c(C)c12. The lowest BCUT2D eigenvalue weighted by molar-refractivity contribution is -0.384. The summed E-state index contributed by atoms with van der Waals surface area (Å²) in [5.41, 5.74) is 2.30. The van der Waals surface area contributed by atoms with E-state index < -0.39 is 4.92 Å². The Labute approximate surface area is 182 Å². The van der Waals surface area contributed by atoms with E-state index in [1.807, 2.05) is 20.8 Å². The molecule has 0 radical (unpaired) electrons. The Balaban J connectivity index is 1.70. The van der Waals surface area contributed by atoms with Gasteiger partial charge in [-0.15, -0.1) is 11.3 Å². The number of hydrogen-bond acceptors (Lipinski definition) is 7. The number of benzene rings is 1. The number of amides is 1. The van der Waals surface area contributed by atoms with Crippen molar-refractivity contribution in [3.63, 3.8) is 0 Å². The molecule has 0 aliphatic carbocycles. The van der Waals surface area contributed by atoms with Crippen molar-refractivity contribution in [1.82, 2.24) is 14.9 Å². The van der Waals surface area contributed by atoms with Gasteiger partial charge in [-0.3, -0.25) is 14.9 Å². The van der Waals surface area contributed by atoms with Crippen LogP contribution in [0.15, 0.2) is 47.1 Å². The van der Waals surface area contributed by atoms with Gasteiger partial charge in [0.25, 0.3) is 11.6 Å². The Bertz CT molecular complexity index is 1300. The van der Waals surface area contributed by atoms with Crippen LogP contribution < -0.4 is 0 Å². The summed E-state index contributed by atoms with van der Waals surface area (Å²) in [5, 5.41) is 12.0. The molecular weight excluding hydrogens is 416 g/mol. The summed E-state index contributed by atoms with van der Waals surface area (Å²) in [6.07, 6.45) is 1.57. The van der Waals surface area contributed by atoms with Gasteiger partial charge in [0.15, 0.2) is 11.6 Å². The second-order valence-electron chi connectivity index (χ2n) is 7.29. The first kappa shape index (κ1) is 20.7. The molecule has 8 nitrogen and oxygen atoms in total. The smallest absolute Gasteiger partial charge is 0.269 e. The molecule has 0 spiro atoms. The molecule has 3 heterocycles. The lowest BCUT2D eigenvalue weighted by Crippen LogP contribution is -2.29. The van der Waals surface area contributed by atoms with E-state index in [-0.39, 0.29) is 17.6 Å². The molecular formula is C22H20N4O4S. The van der Waals surface area contributed by atoms with Crippen LogP contribution in [0.2, 0.25) is 0 Å². The van der Waals surface area contributed by atoms with Gasteiger partial charge in [-0.05, 0) is 44.0 Å². The Morgan fingerprint density at radius 2 is 2.00 bits per heavy atom. The van der Waals surface area contributed by atoms with E-state index in [1.165, 1.54) is 23.5 Å². The number of nitro benzene ring substituents is 1. The Kier molecular flexibility index (Phi) is 5.28. The van der Waals surface area contributed by atoms with Gasteiger partial charge >= 0.3 is 0 Å². The number of nitrogens with zero attached hydrogens (tertiary/aromatic N) is 4. The number of non-ortho nitro benzene ring substituents is 1. The summed E-state index contributed by atoms with van der Waals surface area (Å²) in [6.45, 7) is 5.63. The highest BCUT2D eigenvalue weighted by molar-refractivity contribution is 7.20. The van der Waals surface area contributed by atoms with Gasteiger partial charge in [0.2, 0.25) is 0 Å². The molecule has 0 bridgehead atoms. The third-order valence-corrected chi connectivity index (χ3v) is 6.55. The van der Waals surface area contributed by atoms with Crippen molar-refractivity contribution in [3.05, 3.63) is 74.5 Å². The van der Waals surface area contributed by atoms with E-state index in [4.69, 9.17) is 4.42 Å². The average Bonchev–Trinajstić information content (AvgIpc) is 3.40. The van der Waals surface area contributed by atoms with E-state index >= 15 is 0 Å². The van der Waals surface area contributed by atoms with Gasteiger partial charge in [-0.1, -0.05) is 12.1 Å². The van der Waals surface area contributed by atoms with Gasteiger partial charge in [0, 0.05) is 24.6 Å². The maximum Gasteiger partial charge on any atom is 0.269 e. The summed E-state index contributed by atoms with van der Waals surface area (Å²) in [4.78, 5) is 36.0. The van der Waals surface area contributed by atoms with Crippen molar-refractivity contribution in [3.8, 4) is 11.6 Å². The predicted molar refractivity (Wildman–Crippen MR) is 118 cm³/mol. The first-order chi connectivity index (χ1) is 14.8. The van der Waals surface area contributed by atoms with Crippen LogP contribution in [0.25, 0.3) is 21.8 Å². The number of carbonyl (C=O) groups excluding carboxylic acids is 1. The fourth-order valence-electron chi connectivity index (χ4n) is 3.52. The van der Waals surface area contributed by atoms with Crippen LogP contribution in [0.5, 0.6) is 0 Å². The molecule has 0 saturated heterocycles. The summed E-state index contributed by atoms with van der Waals surface area (Å²) >= 11 is 1.31. The predicted octanol–water partition coefficient (Wildman–Crippen LogP) is 5.31. The number of aromatic nitrogens is 2. The van der Waals surface area contributed by atoms with E-state index in [2.05, 4.69) is 9.97 Å². The zero-order valence-corrected chi connectivity index (χ0v) is 18.3. The molecule has 4 rings (SSSR count). The highest BCUT2D eigenvalue weighted by Crippen LogP contribution is 2.35. The molecule has 3 aromatic heterocycles. The molecule has 0 fully saturated rings. The topological polar surface area (TPSA) is 102 Å². The lowest BCUT2D eigenvalue weighted by Gasteiger charge is -2.25. The molecule has 1 atom stereocenters. The minimum atomic E-state index is -0.438. The number of rotatable bonds is 5. The Morgan fingerprint density at radius 1 is 1.23 bits per heavy atom. The van der Waals surface area contributed by atoms with Gasteiger partial charge in [0.1, 0.15) is 4.83 Å². The average molecular weight is 436 g/mol. The number of carbonyl (C=O) groups is 1. The molecule has 158 valence electrons. The molecule has 1 aromatic carbocycles. The van der Waals surface area contributed by atoms with Crippen LogP contribution in [0.4, 0.5) is 5.69 Å². The number of furan rings is 1. The van der Waals surface area contributed by atoms with Crippen LogP contribution in [-0.2, 0) is 0 Å². The highest BCUT2D eigenvalue weighted by Gasteiger charge is 2.26. The molecule has 0 aliphatic rings. The maximum absolute atomic E-state index is 13.3. The van der Waals surface area contributed by atoms with E-state index in [0.29, 0.717) is 22.0 Å². The number of nitro groups is 1. The van der Waals surface area contributed by atoms with Crippen LogP contribution in [0.1, 0.15) is 39.5 Å². The van der Waals surface area contributed by atoms with Crippen LogP contribution in [0.3, 0.4) is 0 Å². The first-order valence-electron chi connectivity index (χ1n) is 9.61. The van der Waals surface area contributed by atoms with Crippen molar-refractivity contribution >= 4 is 33.1 Å². The normalized spacial score (nSPS) is 12.1. The Morgan fingerprint density at radius 3 is 2.68 bits per heavy atom. The molecule has 9 heteroatoms. The zero-order valence-electron chi connectivity index (χ0n) is 17.4. The third-order valence-electron chi connectivity index (χ3n) is 5.37. The summed E-state index contributed by atoms with van der Waals surface area (Å²) in [5.74, 6) is 0.882. The minimum Gasteiger partial charge on any atom is -0.461 e. The highest BCUT2D eigenvalue weighted by atomic mass is 32.1. The van der Waals surface area contributed by atoms with Crippen molar-refractivity contribution in [2.45, 2.75) is 26.8 Å². The molecule has 0 saturated carbocycles. The second-order valence-corrected chi connectivity index (χ2v) is 8.29. The van der Waals surface area contributed by atoms with Crippen molar-refractivity contribution < 1.29 is 14.1 Å². The maximum atomic E-state index is 13.3. The fourth-order valence-corrected chi connectivity index (χ4v) is 4.73. The van der Waals surface area contributed by atoms with Crippen LogP contribution in [-0.4, -0.2) is 32.7 Å². The van der Waals surface area contributed by atoms with Gasteiger partial charge in [0.05, 0.1) is 27.8 Å². The lowest BCUT2D eigenvalue weighted by atomic mass is 10.1. The minimum absolute atomic E-state index is 0.000374. The van der Waals surface area contributed by atoms with E-state index in [9.17, 15) is 14.9 Å². The van der Waals surface area contributed by atoms with Crippen molar-refractivity contribution in [2.24, 2.45) is 0 Å². The van der Waals surface area contributed by atoms with Crippen molar-refractivity contribution in [2.75, 3.05) is 7.05 Å². The number of hydrogen-bond donors (Lipinski definition) is 0. The molecule has 0 aliphatic heterocycles. The fraction of sp³-hybridized carbons (Fsp3) is 0.227. The van der Waals surface area contributed by atoms with Crippen LogP contribution >= 0.6 is 11.3 Å². The second kappa shape index (κ2) is 7.92. The Hall–Kier alpha value is -3.59. The number of fused-ring (bicyclic) bond motifs is 1. The number of thiophene rings is 1. The summed E-state index contributed by atoms with van der Waals surface area (Å²) in [7, 11) is 1.70. The summed E-state index contributed by atoms with van der Waals surface area (Å²) in [6, 6.07) is 9.57. The molecule has 0 N–H and O–H groups in total. The first-order valence-corrected chi connectivity index (χ1v) is 10.4. The largest absolute Gasteiger partial charge is 0.461 e. The standard InChI is InChI=1S/C22H20N4O4S/c1-12-18-13(2)23-20(17-9-6-10-30-17)24-21(18)31-19(12)22(27)25(4)14(3)15-7-5-8-16(11-15)26(28)29/h5-11,14H,1-4H3.